The van der Waals surface area contributed by atoms with Gasteiger partial charge in [-0.2, -0.15) is 13.7 Å². The van der Waals surface area contributed by atoms with Gasteiger partial charge in [0.1, 0.15) is 16.4 Å². The fourth-order valence-electron chi connectivity index (χ4n) is 3.82. The molecule has 1 aliphatic heterocycles. The first-order valence-electron chi connectivity index (χ1n) is 10.0. The van der Waals surface area contributed by atoms with Gasteiger partial charge in [0.25, 0.3) is 15.8 Å². The van der Waals surface area contributed by atoms with Crippen molar-refractivity contribution in [1.82, 2.24) is 0 Å². The van der Waals surface area contributed by atoms with Crippen molar-refractivity contribution in [2.24, 2.45) is 5.73 Å². The maximum absolute atomic E-state index is 13.0. The molecule has 15 heteroatoms. The van der Waals surface area contributed by atoms with E-state index in [-0.39, 0.29) is 5.57 Å². The minimum absolute atomic E-state index is 0.324. The van der Waals surface area contributed by atoms with E-state index in [4.69, 9.17) is 15.2 Å². The number of phenolic OH excluding ortho intramolecular Hbond substituents is 1. The van der Waals surface area contributed by atoms with Gasteiger partial charge in [-0.3, -0.25) is 19.6 Å². The highest BCUT2D eigenvalue weighted by Gasteiger charge is 2.44. The number of carbonyl (C=O) groups excluding carboxylic acids is 2. The van der Waals surface area contributed by atoms with Crippen molar-refractivity contribution in [2.45, 2.75) is 10.8 Å². The number of nitro groups is 1. The Bertz CT molecular complexity index is 1520. The second-order valence-corrected chi connectivity index (χ2v) is 8.77. The van der Waals surface area contributed by atoms with Gasteiger partial charge in [-0.1, -0.05) is 30.3 Å². The van der Waals surface area contributed by atoms with E-state index in [1.807, 2.05) is 6.07 Å². The Labute approximate surface area is 209 Å². The summed E-state index contributed by atoms with van der Waals surface area (Å²) in [5.74, 6) is -5.52. The Morgan fingerprint density at radius 1 is 1.16 bits per heavy atom. The minimum atomic E-state index is -5.25. The number of nitro benzene ring substituents is 1. The summed E-state index contributed by atoms with van der Waals surface area (Å²) in [4.78, 5) is 35.8. The first-order valence-corrected chi connectivity index (χ1v) is 11.5. The molecule has 0 aromatic heterocycles. The third-order valence-electron chi connectivity index (χ3n) is 5.38. The topological polar surface area (TPSA) is 223 Å². The summed E-state index contributed by atoms with van der Waals surface area (Å²) >= 11 is 0. The first-order chi connectivity index (χ1) is 17.4. The number of aromatic hydroxyl groups is 1. The van der Waals surface area contributed by atoms with Crippen LogP contribution in [0.5, 0.6) is 5.75 Å². The number of benzene rings is 2. The molecule has 1 heterocycles. The van der Waals surface area contributed by atoms with Crippen LogP contribution in [0.1, 0.15) is 11.5 Å². The molecule has 1 atom stereocenters. The van der Waals surface area contributed by atoms with Gasteiger partial charge in [-0.05, 0) is 5.56 Å². The molecule has 0 amide bonds. The van der Waals surface area contributed by atoms with Crippen LogP contribution in [0.3, 0.4) is 0 Å². The van der Waals surface area contributed by atoms with E-state index in [0.29, 0.717) is 22.6 Å². The Morgan fingerprint density at radius 3 is 2.24 bits per heavy atom. The molecule has 14 nitrogen and oxygen atoms in total. The molecular weight excluding hydrogens is 512 g/mol. The number of methoxy groups -OCH3 is 2. The van der Waals surface area contributed by atoms with Crippen LogP contribution in [0.2, 0.25) is 0 Å². The van der Waals surface area contributed by atoms with Gasteiger partial charge in [-0.15, -0.1) is 0 Å². The van der Waals surface area contributed by atoms with Gasteiger partial charge in [0.05, 0.1) is 48.0 Å². The van der Waals surface area contributed by atoms with Gasteiger partial charge in [0.15, 0.2) is 5.75 Å². The van der Waals surface area contributed by atoms with E-state index in [2.05, 4.69) is 0 Å². The van der Waals surface area contributed by atoms with Gasteiger partial charge in [0.2, 0.25) is 0 Å². The van der Waals surface area contributed by atoms with Crippen molar-refractivity contribution in [1.29, 1.82) is 5.26 Å². The van der Waals surface area contributed by atoms with Crippen LogP contribution in [0, 0.1) is 21.4 Å². The van der Waals surface area contributed by atoms with E-state index >= 15 is 0 Å². The molecule has 4 N–H and O–H groups in total. The number of non-ortho nitro benzene ring substituents is 1. The van der Waals surface area contributed by atoms with Crippen LogP contribution < -0.4 is 10.6 Å². The monoisotopic (exact) mass is 530 g/mol. The van der Waals surface area contributed by atoms with Crippen molar-refractivity contribution in [3.8, 4) is 11.8 Å². The molecule has 0 spiro atoms. The highest BCUT2D eigenvalue weighted by molar-refractivity contribution is 7.86. The lowest BCUT2D eigenvalue weighted by atomic mass is 9.81. The predicted molar refractivity (Wildman–Crippen MR) is 124 cm³/mol. The van der Waals surface area contributed by atoms with Gasteiger partial charge in [0, 0.05) is 12.1 Å². The van der Waals surface area contributed by atoms with Crippen molar-refractivity contribution in [3.63, 3.8) is 0 Å². The van der Waals surface area contributed by atoms with Crippen LogP contribution in [-0.4, -0.2) is 49.2 Å². The third kappa shape index (κ3) is 4.66. The number of hydrogen-bond donors (Lipinski definition) is 3. The van der Waals surface area contributed by atoms with E-state index in [1.54, 1.807) is 18.2 Å². The molecule has 1 unspecified atom stereocenters. The summed E-state index contributed by atoms with van der Waals surface area (Å²) in [6, 6.07) is 10.7. The number of hydrogen-bond acceptors (Lipinski definition) is 12. The summed E-state index contributed by atoms with van der Waals surface area (Å²) in [7, 11) is -3.31. The molecule has 0 aliphatic carbocycles. The average molecular weight is 530 g/mol. The Balaban J connectivity index is 2.56. The lowest BCUT2D eigenvalue weighted by Gasteiger charge is -2.36. The number of nitrogens with two attached hydrogens (primary N) is 1. The van der Waals surface area contributed by atoms with E-state index in [1.165, 1.54) is 12.1 Å². The summed E-state index contributed by atoms with van der Waals surface area (Å²) < 4.78 is 42.9. The molecule has 1 aliphatic rings. The molecule has 0 bridgehead atoms. The van der Waals surface area contributed by atoms with E-state index in [0.717, 1.165) is 14.2 Å². The molecule has 37 heavy (non-hydrogen) atoms. The standard InChI is InChI=1S/C22H18N4O10S/c1-35-21(28)17-16(11-6-4-3-5-7-11)13(10-23)20(24)25(18(17)22(29)36-2)14-8-12(26(30)31)9-15(19(14)27)37(32,33)34/h3-9,16,27H,24H2,1-2H3,(H,32,33,34). The van der Waals surface area contributed by atoms with Crippen LogP contribution >= 0.6 is 0 Å². The largest absolute Gasteiger partial charge is 0.504 e. The number of carbonyl (C=O) groups is 2. The van der Waals surface area contributed by atoms with Crippen LogP contribution in [0.15, 0.2) is 70.0 Å². The summed E-state index contributed by atoms with van der Waals surface area (Å²) in [6.07, 6.45) is 0. The van der Waals surface area contributed by atoms with Crippen LogP contribution in [0.25, 0.3) is 0 Å². The number of anilines is 1. The lowest BCUT2D eigenvalue weighted by Crippen LogP contribution is -2.40. The zero-order valence-corrected chi connectivity index (χ0v) is 19.9. The highest BCUT2D eigenvalue weighted by Crippen LogP contribution is 2.47. The lowest BCUT2D eigenvalue weighted by molar-refractivity contribution is -0.385. The second kappa shape index (κ2) is 9.97. The van der Waals surface area contributed by atoms with Crippen LogP contribution in [-0.2, 0) is 29.2 Å². The minimum Gasteiger partial charge on any atom is -0.504 e. The molecule has 0 saturated heterocycles. The third-order valence-corrected chi connectivity index (χ3v) is 6.25. The van der Waals surface area contributed by atoms with Crippen molar-refractivity contribution >= 4 is 33.4 Å². The summed E-state index contributed by atoms with van der Waals surface area (Å²) in [5.41, 5.74) is 3.22. The molecule has 2 aromatic rings. The molecule has 0 radical (unpaired) electrons. The number of ether oxygens (including phenoxy) is 2. The predicted octanol–water partition coefficient (Wildman–Crippen LogP) is 1.44. The second-order valence-electron chi connectivity index (χ2n) is 7.38. The average Bonchev–Trinajstić information content (AvgIpc) is 2.87. The zero-order valence-electron chi connectivity index (χ0n) is 19.1. The number of nitriles is 1. The number of phenols is 1. The van der Waals surface area contributed by atoms with E-state index < -0.39 is 72.0 Å². The SMILES string of the molecule is COC(=O)C1=C(C(=O)OC)N(c2cc([N+](=O)[O-])cc(S(=O)(=O)O)c2O)C(N)=C(C#N)C1c1ccccc1. The fourth-order valence-corrected chi connectivity index (χ4v) is 4.43. The summed E-state index contributed by atoms with van der Waals surface area (Å²) in [6.45, 7) is 0. The normalized spacial score (nSPS) is 15.7. The van der Waals surface area contributed by atoms with Crippen molar-refractivity contribution < 1.29 is 42.1 Å². The highest BCUT2D eigenvalue weighted by atomic mass is 32.2. The molecule has 0 fully saturated rings. The van der Waals surface area contributed by atoms with Gasteiger partial charge >= 0.3 is 11.9 Å². The van der Waals surface area contributed by atoms with Gasteiger partial charge < -0.3 is 20.3 Å². The Kier molecular flexibility index (Phi) is 7.18. The molecule has 3 rings (SSSR count). The fraction of sp³-hybridized carbons (Fsp3) is 0.136. The van der Waals surface area contributed by atoms with Crippen LogP contribution in [0.4, 0.5) is 11.4 Å². The smallest absolute Gasteiger partial charge is 0.355 e. The first kappa shape index (κ1) is 26.7. The number of rotatable bonds is 6. The Morgan fingerprint density at radius 2 is 1.76 bits per heavy atom. The zero-order chi connectivity index (χ0) is 27.7. The maximum atomic E-state index is 13.0. The summed E-state index contributed by atoms with van der Waals surface area (Å²) in [5, 5.41) is 32.2. The molecule has 2 aromatic carbocycles. The Hall–Kier alpha value is -4.94. The molecule has 0 saturated carbocycles. The number of nitrogens with zero attached hydrogens (tertiary/aromatic N) is 3. The number of esters is 2. The quantitative estimate of drug-likeness (QED) is 0.208. The molecular formula is C22H18N4O10S. The maximum Gasteiger partial charge on any atom is 0.355 e. The van der Waals surface area contributed by atoms with Crippen molar-refractivity contribution in [3.05, 3.63) is 80.8 Å². The van der Waals surface area contributed by atoms with Gasteiger partial charge in [-0.25, -0.2) is 9.59 Å². The van der Waals surface area contributed by atoms with Crippen molar-refractivity contribution in [2.75, 3.05) is 19.1 Å². The molecule has 192 valence electrons. The number of allylic oxidation sites excluding steroid dienone is 1. The van der Waals surface area contributed by atoms with E-state index in [9.17, 15) is 43.0 Å².